The predicted octanol–water partition coefficient (Wildman–Crippen LogP) is 5.99. The van der Waals surface area contributed by atoms with Crippen LogP contribution >= 0.6 is 0 Å². The van der Waals surface area contributed by atoms with Gasteiger partial charge in [0.15, 0.2) is 13.6 Å². The van der Waals surface area contributed by atoms with Crippen LogP contribution in [0.1, 0.15) is 56.6 Å². The van der Waals surface area contributed by atoms with Gasteiger partial charge in [-0.15, -0.1) is 0 Å². The van der Waals surface area contributed by atoms with Crippen LogP contribution in [0.2, 0.25) is 0 Å². The molecule has 0 N–H and O–H groups in total. The normalized spacial score (nSPS) is 15.6. The third kappa shape index (κ3) is 7.89. The van der Waals surface area contributed by atoms with E-state index in [1.165, 1.54) is 42.0 Å². The highest BCUT2D eigenvalue weighted by atomic mass is 16.7. The van der Waals surface area contributed by atoms with E-state index in [1.54, 1.807) is 14.2 Å². The van der Waals surface area contributed by atoms with E-state index in [0.717, 1.165) is 37.2 Å². The summed E-state index contributed by atoms with van der Waals surface area (Å²) < 4.78 is 26.3. The van der Waals surface area contributed by atoms with Gasteiger partial charge in [0.05, 0.1) is 6.61 Å². The first-order valence-corrected chi connectivity index (χ1v) is 11.9. The number of hydrogen-bond acceptors (Lipinski definition) is 6. The van der Waals surface area contributed by atoms with E-state index in [9.17, 15) is 4.79 Å². The average molecular weight is 469 g/mol. The Morgan fingerprint density at radius 3 is 1.94 bits per heavy atom. The predicted molar refractivity (Wildman–Crippen MR) is 132 cm³/mol. The Morgan fingerprint density at radius 2 is 1.44 bits per heavy atom. The van der Waals surface area contributed by atoms with Crippen molar-refractivity contribution < 1.29 is 28.5 Å². The SMILES string of the molecule is COCOc1ccc(C(=C2CCCC(CCCOC(C)=O)C2)c2ccc(OCOC)cc2)cc1. The first kappa shape index (κ1) is 25.8. The lowest BCUT2D eigenvalue weighted by Gasteiger charge is -2.27. The Labute approximate surface area is 202 Å². The summed E-state index contributed by atoms with van der Waals surface area (Å²) in [5.74, 6) is 1.96. The maximum Gasteiger partial charge on any atom is 0.302 e. The van der Waals surface area contributed by atoms with Gasteiger partial charge in [-0.05, 0) is 85.4 Å². The number of carbonyl (C=O) groups excluding carboxylic acids is 1. The molecule has 184 valence electrons. The summed E-state index contributed by atoms with van der Waals surface area (Å²) in [7, 11) is 3.23. The molecular formula is C28H36O6. The van der Waals surface area contributed by atoms with Gasteiger partial charge in [-0.25, -0.2) is 0 Å². The number of ether oxygens (including phenoxy) is 5. The average Bonchev–Trinajstić information content (AvgIpc) is 2.86. The van der Waals surface area contributed by atoms with Crippen molar-refractivity contribution in [2.45, 2.75) is 45.4 Å². The molecule has 0 saturated heterocycles. The summed E-state index contributed by atoms with van der Waals surface area (Å²) in [6, 6.07) is 16.4. The molecule has 0 amide bonds. The molecule has 1 fully saturated rings. The molecule has 0 aromatic heterocycles. The quantitative estimate of drug-likeness (QED) is 0.217. The van der Waals surface area contributed by atoms with Gasteiger partial charge >= 0.3 is 5.97 Å². The van der Waals surface area contributed by atoms with Gasteiger partial charge in [-0.1, -0.05) is 29.8 Å². The molecule has 6 heteroatoms. The lowest BCUT2D eigenvalue weighted by molar-refractivity contribution is -0.141. The maximum absolute atomic E-state index is 11.1. The number of hydrogen-bond donors (Lipinski definition) is 0. The highest BCUT2D eigenvalue weighted by molar-refractivity contribution is 5.82. The van der Waals surface area contributed by atoms with Crippen molar-refractivity contribution in [1.29, 1.82) is 0 Å². The second-order valence-corrected chi connectivity index (χ2v) is 8.57. The van der Waals surface area contributed by atoms with E-state index in [4.69, 9.17) is 23.7 Å². The maximum atomic E-state index is 11.1. The van der Waals surface area contributed by atoms with Gasteiger partial charge in [0, 0.05) is 21.1 Å². The van der Waals surface area contributed by atoms with E-state index in [2.05, 4.69) is 24.3 Å². The van der Waals surface area contributed by atoms with Crippen LogP contribution in [0.5, 0.6) is 11.5 Å². The van der Waals surface area contributed by atoms with Crippen molar-refractivity contribution in [2.24, 2.45) is 5.92 Å². The Bertz CT molecular complexity index is 863. The van der Waals surface area contributed by atoms with Crippen molar-refractivity contribution in [1.82, 2.24) is 0 Å². The largest absolute Gasteiger partial charge is 0.468 e. The molecule has 0 spiro atoms. The van der Waals surface area contributed by atoms with Gasteiger partial charge in [0.1, 0.15) is 11.5 Å². The smallest absolute Gasteiger partial charge is 0.302 e. The minimum Gasteiger partial charge on any atom is -0.468 e. The summed E-state index contributed by atoms with van der Waals surface area (Å²) in [5, 5.41) is 0. The highest BCUT2D eigenvalue weighted by Gasteiger charge is 2.21. The molecule has 0 aliphatic heterocycles. The summed E-state index contributed by atoms with van der Waals surface area (Å²) in [4.78, 5) is 11.1. The second kappa shape index (κ2) is 13.8. The number of carbonyl (C=O) groups is 1. The van der Waals surface area contributed by atoms with E-state index < -0.39 is 0 Å². The molecule has 0 radical (unpaired) electrons. The summed E-state index contributed by atoms with van der Waals surface area (Å²) in [5.41, 5.74) is 5.10. The molecule has 1 atom stereocenters. The molecule has 2 aromatic rings. The summed E-state index contributed by atoms with van der Waals surface area (Å²) in [6.07, 6.45) is 6.49. The fraction of sp³-hybridized carbons (Fsp3) is 0.464. The van der Waals surface area contributed by atoms with Crippen LogP contribution in [0.3, 0.4) is 0 Å². The van der Waals surface area contributed by atoms with Crippen LogP contribution in [-0.4, -0.2) is 40.4 Å². The summed E-state index contributed by atoms with van der Waals surface area (Å²) in [6.45, 7) is 2.42. The minimum absolute atomic E-state index is 0.206. The first-order chi connectivity index (χ1) is 16.6. The number of allylic oxidation sites excluding steroid dienone is 1. The van der Waals surface area contributed by atoms with Crippen LogP contribution in [0.4, 0.5) is 0 Å². The van der Waals surface area contributed by atoms with Crippen LogP contribution in [-0.2, 0) is 19.0 Å². The van der Waals surface area contributed by atoms with Gasteiger partial charge in [-0.3, -0.25) is 4.79 Å². The Morgan fingerprint density at radius 1 is 0.882 bits per heavy atom. The Balaban J connectivity index is 1.84. The van der Waals surface area contributed by atoms with Crippen molar-refractivity contribution in [2.75, 3.05) is 34.4 Å². The lowest BCUT2D eigenvalue weighted by Crippen LogP contribution is -2.12. The zero-order valence-electron chi connectivity index (χ0n) is 20.5. The highest BCUT2D eigenvalue weighted by Crippen LogP contribution is 2.39. The van der Waals surface area contributed by atoms with E-state index in [1.807, 2.05) is 24.3 Å². The molecule has 0 bridgehead atoms. The monoisotopic (exact) mass is 468 g/mol. The molecular weight excluding hydrogens is 432 g/mol. The molecule has 34 heavy (non-hydrogen) atoms. The molecule has 1 unspecified atom stereocenters. The van der Waals surface area contributed by atoms with Crippen LogP contribution in [0.15, 0.2) is 54.1 Å². The van der Waals surface area contributed by atoms with Gasteiger partial charge in [0.2, 0.25) is 0 Å². The Kier molecular flexibility index (Phi) is 10.4. The lowest BCUT2D eigenvalue weighted by atomic mass is 9.78. The fourth-order valence-electron chi connectivity index (χ4n) is 4.48. The number of rotatable bonds is 12. The topological polar surface area (TPSA) is 63.2 Å². The molecule has 0 heterocycles. The zero-order chi connectivity index (χ0) is 24.2. The van der Waals surface area contributed by atoms with Crippen molar-refractivity contribution in [3.05, 3.63) is 65.2 Å². The zero-order valence-corrected chi connectivity index (χ0v) is 20.5. The van der Waals surface area contributed by atoms with E-state index in [0.29, 0.717) is 12.5 Å². The first-order valence-electron chi connectivity index (χ1n) is 11.9. The molecule has 1 aliphatic carbocycles. The second-order valence-electron chi connectivity index (χ2n) is 8.57. The fourth-order valence-corrected chi connectivity index (χ4v) is 4.48. The van der Waals surface area contributed by atoms with Crippen LogP contribution in [0.25, 0.3) is 5.57 Å². The molecule has 1 aliphatic rings. The van der Waals surface area contributed by atoms with Gasteiger partial charge in [0.25, 0.3) is 0 Å². The van der Waals surface area contributed by atoms with Crippen molar-refractivity contribution >= 4 is 11.5 Å². The van der Waals surface area contributed by atoms with Crippen molar-refractivity contribution in [3.63, 3.8) is 0 Å². The Hall–Kier alpha value is -2.83. The minimum atomic E-state index is -0.206. The van der Waals surface area contributed by atoms with Gasteiger partial charge in [-0.2, -0.15) is 0 Å². The van der Waals surface area contributed by atoms with Crippen LogP contribution in [0, 0.1) is 5.92 Å². The summed E-state index contributed by atoms with van der Waals surface area (Å²) >= 11 is 0. The number of methoxy groups -OCH3 is 2. The number of esters is 1. The van der Waals surface area contributed by atoms with E-state index >= 15 is 0 Å². The third-order valence-electron chi connectivity index (χ3n) is 6.01. The molecule has 3 rings (SSSR count). The van der Waals surface area contributed by atoms with Crippen molar-refractivity contribution in [3.8, 4) is 11.5 Å². The van der Waals surface area contributed by atoms with Gasteiger partial charge < -0.3 is 23.7 Å². The third-order valence-corrected chi connectivity index (χ3v) is 6.01. The van der Waals surface area contributed by atoms with E-state index in [-0.39, 0.29) is 19.6 Å². The standard InChI is InChI=1S/C28H36O6/c1-21(29)32-17-5-7-22-6-4-8-25(18-22)28(23-9-13-26(14-10-23)33-19-30-2)24-11-15-27(16-12-24)34-20-31-3/h9-16,22H,4-8,17-20H2,1-3H3. The number of benzene rings is 2. The molecule has 6 nitrogen and oxygen atoms in total. The molecule has 2 aromatic carbocycles. The van der Waals surface area contributed by atoms with Crippen LogP contribution < -0.4 is 9.47 Å². The molecule has 1 saturated carbocycles.